The van der Waals surface area contributed by atoms with Gasteiger partial charge in [0.25, 0.3) is 0 Å². The van der Waals surface area contributed by atoms with Crippen molar-refractivity contribution in [2.24, 2.45) is 0 Å². The molecule has 0 atom stereocenters. The van der Waals surface area contributed by atoms with Crippen molar-refractivity contribution in [1.29, 1.82) is 0 Å². The zero-order chi connectivity index (χ0) is 6.97. The molecule has 0 fully saturated rings. The first-order chi connectivity index (χ1) is 4.88. The van der Waals surface area contributed by atoms with Crippen LogP contribution in [0.25, 0.3) is 5.52 Å². The summed E-state index contributed by atoms with van der Waals surface area (Å²) < 4.78 is 1.93. The van der Waals surface area contributed by atoms with Crippen LogP contribution in [0.4, 0.5) is 5.69 Å². The summed E-state index contributed by atoms with van der Waals surface area (Å²) in [5, 5.41) is 0. The maximum Gasteiger partial charge on any atom is 0.0867 e. The Morgan fingerprint density at radius 1 is 1.40 bits per heavy atom. The van der Waals surface area contributed by atoms with Crippen LogP contribution in [0.2, 0.25) is 0 Å². The number of hydrogen-bond acceptors (Lipinski definition) is 2. The van der Waals surface area contributed by atoms with E-state index in [0.717, 1.165) is 11.2 Å². The Morgan fingerprint density at radius 3 is 3.10 bits per heavy atom. The van der Waals surface area contributed by atoms with Gasteiger partial charge in [0, 0.05) is 18.6 Å². The Morgan fingerprint density at radius 2 is 2.30 bits per heavy atom. The molecule has 2 rings (SSSR count). The number of anilines is 1. The minimum atomic E-state index is 0.771. The highest BCUT2D eigenvalue weighted by Crippen LogP contribution is 2.11. The lowest BCUT2D eigenvalue weighted by Gasteiger charge is -1.90. The molecule has 0 aliphatic carbocycles. The molecule has 3 heteroatoms. The average molecular weight is 133 g/mol. The normalized spacial score (nSPS) is 10.4. The first-order valence-corrected chi connectivity index (χ1v) is 3.04. The first-order valence-electron chi connectivity index (χ1n) is 3.04. The number of nitrogens with two attached hydrogens (primary N) is 1. The van der Waals surface area contributed by atoms with Gasteiger partial charge in [-0.15, -0.1) is 0 Å². The van der Waals surface area contributed by atoms with E-state index in [0.29, 0.717) is 0 Å². The van der Waals surface area contributed by atoms with Crippen molar-refractivity contribution in [2.45, 2.75) is 0 Å². The molecule has 0 saturated heterocycles. The highest BCUT2D eigenvalue weighted by Gasteiger charge is 1.94. The maximum atomic E-state index is 5.62. The van der Waals surface area contributed by atoms with Gasteiger partial charge in [0.15, 0.2) is 0 Å². The second kappa shape index (κ2) is 1.73. The molecule has 2 N–H and O–H groups in total. The molecule has 0 amide bonds. The largest absolute Gasteiger partial charge is 0.397 e. The molecule has 2 heterocycles. The molecule has 0 aliphatic rings. The number of rotatable bonds is 0. The van der Waals surface area contributed by atoms with Gasteiger partial charge in [0.05, 0.1) is 17.4 Å². The topological polar surface area (TPSA) is 43.3 Å². The summed E-state index contributed by atoms with van der Waals surface area (Å²) in [7, 11) is 0. The van der Waals surface area contributed by atoms with Crippen LogP contribution < -0.4 is 5.73 Å². The van der Waals surface area contributed by atoms with Crippen LogP contribution >= 0.6 is 0 Å². The molecule has 0 saturated carbocycles. The molecule has 3 nitrogen and oxygen atoms in total. The van der Waals surface area contributed by atoms with Crippen molar-refractivity contribution in [1.82, 2.24) is 9.38 Å². The quantitative estimate of drug-likeness (QED) is 0.580. The Balaban J connectivity index is 2.93. The van der Waals surface area contributed by atoms with Gasteiger partial charge in [0.2, 0.25) is 0 Å². The molecule has 0 unspecified atom stereocenters. The van der Waals surface area contributed by atoms with E-state index in [-0.39, 0.29) is 0 Å². The Bertz CT molecular complexity index is 350. The second-order valence-electron chi connectivity index (χ2n) is 2.14. The second-order valence-corrected chi connectivity index (χ2v) is 2.14. The fourth-order valence-corrected chi connectivity index (χ4v) is 0.970. The van der Waals surface area contributed by atoms with E-state index in [1.165, 1.54) is 0 Å². The third-order valence-corrected chi connectivity index (χ3v) is 1.50. The van der Waals surface area contributed by atoms with Crippen molar-refractivity contribution in [3.63, 3.8) is 0 Å². The Kier molecular flexibility index (Phi) is 0.917. The molecule has 2 aromatic heterocycles. The van der Waals surface area contributed by atoms with E-state index < -0.39 is 0 Å². The summed E-state index contributed by atoms with van der Waals surface area (Å²) in [6.45, 7) is 0. The molecule has 50 valence electrons. The van der Waals surface area contributed by atoms with Crippen LogP contribution in [0, 0.1) is 0 Å². The van der Waals surface area contributed by atoms with E-state index in [1.54, 1.807) is 12.4 Å². The zero-order valence-corrected chi connectivity index (χ0v) is 5.36. The van der Waals surface area contributed by atoms with Crippen molar-refractivity contribution >= 4 is 11.2 Å². The lowest BCUT2D eigenvalue weighted by Crippen LogP contribution is -1.85. The molecule has 0 bridgehead atoms. The molecular formula is C7H7N3. The fraction of sp³-hybridized carbons (Fsp3) is 0. The van der Waals surface area contributed by atoms with Crippen LogP contribution in [-0.4, -0.2) is 9.38 Å². The summed E-state index contributed by atoms with van der Waals surface area (Å²) in [4.78, 5) is 3.95. The lowest BCUT2D eigenvalue weighted by atomic mass is 10.4. The van der Waals surface area contributed by atoms with Crippen LogP contribution in [0.3, 0.4) is 0 Å². The smallest absolute Gasteiger partial charge is 0.0867 e. The SMILES string of the molecule is Nc1ccn2ccncc12. The van der Waals surface area contributed by atoms with Gasteiger partial charge >= 0.3 is 0 Å². The average Bonchev–Trinajstić information content (AvgIpc) is 2.34. The molecule has 2 aromatic rings. The summed E-state index contributed by atoms with van der Waals surface area (Å²) >= 11 is 0. The number of hydrogen-bond donors (Lipinski definition) is 1. The first kappa shape index (κ1) is 5.29. The molecular weight excluding hydrogens is 126 g/mol. The molecule has 0 aliphatic heterocycles. The van der Waals surface area contributed by atoms with Gasteiger partial charge in [-0.05, 0) is 6.07 Å². The van der Waals surface area contributed by atoms with E-state index in [1.807, 2.05) is 22.9 Å². The Hall–Kier alpha value is -1.51. The third-order valence-electron chi connectivity index (χ3n) is 1.50. The molecule has 0 spiro atoms. The molecule has 0 radical (unpaired) electrons. The Labute approximate surface area is 58.1 Å². The van der Waals surface area contributed by atoms with Crippen molar-refractivity contribution < 1.29 is 0 Å². The monoisotopic (exact) mass is 133 g/mol. The highest BCUT2D eigenvalue weighted by atomic mass is 14.9. The van der Waals surface area contributed by atoms with E-state index in [2.05, 4.69) is 4.98 Å². The summed E-state index contributed by atoms with van der Waals surface area (Å²) in [6, 6.07) is 1.86. The number of fused-ring (bicyclic) bond motifs is 1. The van der Waals surface area contributed by atoms with Gasteiger partial charge in [0.1, 0.15) is 0 Å². The summed E-state index contributed by atoms with van der Waals surface area (Å²) in [6.07, 6.45) is 7.25. The lowest BCUT2D eigenvalue weighted by molar-refractivity contribution is 1.14. The van der Waals surface area contributed by atoms with Gasteiger partial charge in [-0.2, -0.15) is 0 Å². The van der Waals surface area contributed by atoms with Crippen LogP contribution in [-0.2, 0) is 0 Å². The minimum absolute atomic E-state index is 0.771. The van der Waals surface area contributed by atoms with Crippen molar-refractivity contribution in [2.75, 3.05) is 5.73 Å². The van der Waals surface area contributed by atoms with Gasteiger partial charge in [-0.25, -0.2) is 0 Å². The van der Waals surface area contributed by atoms with E-state index in [4.69, 9.17) is 5.73 Å². The standard InChI is InChI=1S/C7H7N3/c8-6-1-3-10-4-2-9-5-7(6)10/h1-5H,8H2. The van der Waals surface area contributed by atoms with Crippen LogP contribution in [0.5, 0.6) is 0 Å². The fourth-order valence-electron chi connectivity index (χ4n) is 0.970. The number of aromatic nitrogens is 2. The van der Waals surface area contributed by atoms with Crippen molar-refractivity contribution in [3.8, 4) is 0 Å². The number of nitrogen functional groups attached to an aromatic ring is 1. The van der Waals surface area contributed by atoms with Crippen molar-refractivity contribution in [3.05, 3.63) is 30.9 Å². The third kappa shape index (κ3) is 0.572. The van der Waals surface area contributed by atoms with E-state index in [9.17, 15) is 0 Å². The van der Waals surface area contributed by atoms with Crippen LogP contribution in [0.15, 0.2) is 30.9 Å². The van der Waals surface area contributed by atoms with Gasteiger partial charge in [-0.1, -0.05) is 0 Å². The maximum absolute atomic E-state index is 5.62. The minimum Gasteiger partial charge on any atom is -0.397 e. The van der Waals surface area contributed by atoms with Gasteiger partial charge < -0.3 is 10.1 Å². The highest BCUT2D eigenvalue weighted by molar-refractivity contribution is 5.68. The summed E-state index contributed by atoms with van der Waals surface area (Å²) in [5.74, 6) is 0. The zero-order valence-electron chi connectivity index (χ0n) is 5.36. The summed E-state index contributed by atoms with van der Waals surface area (Å²) in [5.41, 5.74) is 7.35. The van der Waals surface area contributed by atoms with Crippen LogP contribution in [0.1, 0.15) is 0 Å². The predicted molar refractivity (Wildman–Crippen MR) is 39.6 cm³/mol. The molecule has 10 heavy (non-hydrogen) atoms. The predicted octanol–water partition coefficient (Wildman–Crippen LogP) is 0.916. The van der Waals surface area contributed by atoms with Gasteiger partial charge in [-0.3, -0.25) is 4.98 Å². The number of nitrogens with zero attached hydrogens (tertiary/aromatic N) is 2. The van der Waals surface area contributed by atoms with E-state index >= 15 is 0 Å². The molecule has 0 aromatic carbocycles.